The zero-order valence-corrected chi connectivity index (χ0v) is 13.0. The van der Waals surface area contributed by atoms with Crippen molar-refractivity contribution >= 4 is 16.9 Å². The number of rotatable bonds is 3. The fourth-order valence-electron chi connectivity index (χ4n) is 2.92. The quantitative estimate of drug-likeness (QED) is 0.704. The monoisotopic (exact) mass is 324 g/mol. The highest BCUT2D eigenvalue weighted by Crippen LogP contribution is 2.12. The zero-order valence-electron chi connectivity index (χ0n) is 13.0. The largest absolute Gasteiger partial charge is 0.341 e. The third-order valence-electron chi connectivity index (χ3n) is 4.20. The zero-order chi connectivity index (χ0) is 16.5. The minimum Gasteiger partial charge on any atom is -0.341 e. The Morgan fingerprint density at radius 2 is 1.88 bits per heavy atom. The molecule has 0 saturated carbocycles. The molecule has 0 N–H and O–H groups in total. The Kier molecular flexibility index (Phi) is 3.56. The number of para-hydroxylation sites is 1. The smallest absolute Gasteiger partial charge is 0.281 e. The predicted molar refractivity (Wildman–Crippen MR) is 86.7 cm³/mol. The summed E-state index contributed by atoms with van der Waals surface area (Å²) in [7, 11) is 0. The van der Waals surface area contributed by atoms with Gasteiger partial charge in [0.2, 0.25) is 5.91 Å². The molecule has 0 radical (unpaired) electrons. The van der Waals surface area contributed by atoms with Crippen LogP contribution in [0.25, 0.3) is 16.7 Å². The molecule has 3 heterocycles. The molecule has 2 aromatic heterocycles. The van der Waals surface area contributed by atoms with Gasteiger partial charge in [-0.1, -0.05) is 23.4 Å². The first-order valence-corrected chi connectivity index (χ1v) is 7.89. The van der Waals surface area contributed by atoms with Crippen molar-refractivity contribution in [3.05, 3.63) is 46.9 Å². The molecule has 1 amide bonds. The van der Waals surface area contributed by atoms with Crippen LogP contribution in [0.5, 0.6) is 0 Å². The molecular formula is C16H16N6O2. The summed E-state index contributed by atoms with van der Waals surface area (Å²) in [5, 5.41) is 12.6. The number of hydrogen-bond donors (Lipinski definition) is 0. The molecular weight excluding hydrogens is 308 g/mol. The predicted octanol–water partition coefficient (Wildman–Crippen LogP) is 0.600. The molecule has 24 heavy (non-hydrogen) atoms. The van der Waals surface area contributed by atoms with Gasteiger partial charge < -0.3 is 4.90 Å². The van der Waals surface area contributed by atoms with Crippen molar-refractivity contribution in [1.82, 2.24) is 29.7 Å². The van der Waals surface area contributed by atoms with Crippen molar-refractivity contribution in [3.63, 3.8) is 0 Å². The highest BCUT2D eigenvalue weighted by Gasteiger charge is 2.20. The van der Waals surface area contributed by atoms with E-state index < -0.39 is 0 Å². The van der Waals surface area contributed by atoms with E-state index in [1.807, 2.05) is 30.3 Å². The van der Waals surface area contributed by atoms with Crippen molar-refractivity contribution in [2.24, 2.45) is 0 Å². The van der Waals surface area contributed by atoms with Crippen LogP contribution in [0.15, 0.2) is 41.3 Å². The van der Waals surface area contributed by atoms with Gasteiger partial charge in [-0.15, -0.1) is 5.10 Å². The number of carbonyl (C=O) groups is 1. The van der Waals surface area contributed by atoms with Gasteiger partial charge in [0, 0.05) is 13.1 Å². The number of benzene rings is 1. The van der Waals surface area contributed by atoms with Crippen LogP contribution in [0.1, 0.15) is 12.8 Å². The molecule has 1 fully saturated rings. The van der Waals surface area contributed by atoms with E-state index in [0.717, 1.165) is 36.3 Å². The Bertz CT molecular complexity index is 940. The van der Waals surface area contributed by atoms with Crippen LogP contribution < -0.4 is 5.56 Å². The molecule has 4 rings (SSSR count). The van der Waals surface area contributed by atoms with Gasteiger partial charge in [-0.05, 0) is 25.0 Å². The lowest BCUT2D eigenvalue weighted by Gasteiger charge is -2.14. The van der Waals surface area contributed by atoms with Gasteiger partial charge in [0.1, 0.15) is 11.9 Å². The maximum Gasteiger partial charge on any atom is 0.281 e. The van der Waals surface area contributed by atoms with Crippen molar-refractivity contribution < 1.29 is 4.79 Å². The van der Waals surface area contributed by atoms with Crippen LogP contribution in [-0.2, 0) is 11.3 Å². The Balaban J connectivity index is 1.69. The summed E-state index contributed by atoms with van der Waals surface area (Å²) >= 11 is 0. The SMILES string of the molecule is O=C(Cn1nnc2c(cnn2-c2ccccc2)c1=O)N1CCCC1. The van der Waals surface area contributed by atoms with E-state index in [0.29, 0.717) is 11.0 Å². The second-order valence-electron chi connectivity index (χ2n) is 5.77. The molecule has 3 aromatic rings. The van der Waals surface area contributed by atoms with Crippen molar-refractivity contribution in [2.45, 2.75) is 19.4 Å². The number of amides is 1. The first kappa shape index (κ1) is 14.6. The van der Waals surface area contributed by atoms with Gasteiger partial charge in [0.15, 0.2) is 5.65 Å². The molecule has 0 unspecified atom stereocenters. The van der Waals surface area contributed by atoms with E-state index in [1.54, 1.807) is 9.58 Å². The van der Waals surface area contributed by atoms with Crippen LogP contribution in [-0.4, -0.2) is 48.7 Å². The van der Waals surface area contributed by atoms with Gasteiger partial charge in [0.05, 0.1) is 11.9 Å². The van der Waals surface area contributed by atoms with Gasteiger partial charge >= 0.3 is 0 Å². The normalized spacial score (nSPS) is 14.4. The number of likely N-dealkylation sites (tertiary alicyclic amines) is 1. The second kappa shape index (κ2) is 5.88. The van der Waals surface area contributed by atoms with Crippen molar-refractivity contribution in [1.29, 1.82) is 0 Å². The van der Waals surface area contributed by atoms with E-state index >= 15 is 0 Å². The van der Waals surface area contributed by atoms with Crippen molar-refractivity contribution in [2.75, 3.05) is 13.1 Å². The van der Waals surface area contributed by atoms with Gasteiger partial charge in [0.25, 0.3) is 5.56 Å². The summed E-state index contributed by atoms with van der Waals surface area (Å²) in [4.78, 5) is 26.5. The van der Waals surface area contributed by atoms with Crippen molar-refractivity contribution in [3.8, 4) is 5.69 Å². The van der Waals surface area contributed by atoms with Crippen LogP contribution in [0, 0.1) is 0 Å². The molecule has 0 aliphatic carbocycles. The van der Waals surface area contributed by atoms with E-state index in [-0.39, 0.29) is 18.0 Å². The average Bonchev–Trinajstić information content (AvgIpc) is 3.28. The minimum atomic E-state index is -0.352. The molecule has 0 spiro atoms. The lowest BCUT2D eigenvalue weighted by molar-refractivity contribution is -0.131. The van der Waals surface area contributed by atoms with E-state index in [9.17, 15) is 9.59 Å². The van der Waals surface area contributed by atoms with Crippen LogP contribution in [0.4, 0.5) is 0 Å². The van der Waals surface area contributed by atoms with Crippen LogP contribution in [0.2, 0.25) is 0 Å². The fourth-order valence-corrected chi connectivity index (χ4v) is 2.92. The summed E-state index contributed by atoms with van der Waals surface area (Å²) < 4.78 is 2.68. The number of hydrogen-bond acceptors (Lipinski definition) is 5. The maximum absolute atomic E-state index is 12.6. The second-order valence-corrected chi connectivity index (χ2v) is 5.77. The third kappa shape index (κ3) is 2.45. The maximum atomic E-state index is 12.6. The van der Waals surface area contributed by atoms with Gasteiger partial charge in [-0.25, -0.2) is 9.36 Å². The summed E-state index contributed by atoms with van der Waals surface area (Å²) in [6.45, 7) is 1.41. The van der Waals surface area contributed by atoms with Gasteiger partial charge in [-0.2, -0.15) is 5.10 Å². The van der Waals surface area contributed by atoms with Crippen LogP contribution >= 0.6 is 0 Å². The van der Waals surface area contributed by atoms with E-state index in [2.05, 4.69) is 15.4 Å². The lowest BCUT2D eigenvalue weighted by atomic mass is 10.3. The Morgan fingerprint density at radius 1 is 1.12 bits per heavy atom. The average molecular weight is 324 g/mol. The number of carbonyl (C=O) groups excluding carboxylic acids is 1. The first-order valence-electron chi connectivity index (χ1n) is 7.89. The highest BCUT2D eigenvalue weighted by molar-refractivity contribution is 5.77. The Hall–Kier alpha value is -3.03. The molecule has 1 saturated heterocycles. The van der Waals surface area contributed by atoms with Crippen LogP contribution in [0.3, 0.4) is 0 Å². The van der Waals surface area contributed by atoms with Gasteiger partial charge in [-0.3, -0.25) is 9.59 Å². The number of nitrogens with zero attached hydrogens (tertiary/aromatic N) is 6. The number of fused-ring (bicyclic) bond motifs is 1. The summed E-state index contributed by atoms with van der Waals surface area (Å²) in [6.07, 6.45) is 3.49. The molecule has 122 valence electrons. The summed E-state index contributed by atoms with van der Waals surface area (Å²) in [5.74, 6) is -0.0984. The number of aromatic nitrogens is 5. The van der Waals surface area contributed by atoms with E-state index in [1.165, 1.54) is 6.20 Å². The lowest BCUT2D eigenvalue weighted by Crippen LogP contribution is -2.36. The Morgan fingerprint density at radius 3 is 2.62 bits per heavy atom. The summed E-state index contributed by atoms with van der Waals surface area (Å²) in [5.41, 5.74) is 0.831. The first-order chi connectivity index (χ1) is 11.7. The minimum absolute atomic E-state index is 0.0850. The third-order valence-corrected chi connectivity index (χ3v) is 4.20. The highest BCUT2D eigenvalue weighted by atomic mass is 16.2. The molecule has 8 heteroatoms. The molecule has 0 bridgehead atoms. The molecule has 0 atom stereocenters. The molecule has 1 aliphatic rings. The molecule has 1 aliphatic heterocycles. The topological polar surface area (TPSA) is 85.9 Å². The fraction of sp³-hybridized carbons (Fsp3) is 0.312. The van der Waals surface area contributed by atoms with E-state index in [4.69, 9.17) is 0 Å². The molecule has 1 aromatic carbocycles. The standard InChI is InChI=1S/C16H16N6O2/c23-14(20-8-4-5-9-20)11-21-16(24)13-10-17-22(15(13)18-19-21)12-6-2-1-3-7-12/h1-3,6-7,10H,4-5,8-9,11H2. The Labute approximate surface area is 137 Å². The summed E-state index contributed by atoms with van der Waals surface area (Å²) in [6, 6.07) is 9.41. The molecule has 8 nitrogen and oxygen atoms in total.